The lowest BCUT2D eigenvalue weighted by molar-refractivity contribution is 0.0681. The number of carbonyl (C=O) groups is 1. The second kappa shape index (κ2) is 8.52. The number of rotatable bonds is 7. The minimum Gasteiger partial charge on any atom is -0.394 e. The van der Waals surface area contributed by atoms with Gasteiger partial charge in [0.25, 0.3) is 5.91 Å². The summed E-state index contributed by atoms with van der Waals surface area (Å²) in [4.78, 5) is 12.7. The molecule has 2 fully saturated rings. The van der Waals surface area contributed by atoms with Crippen LogP contribution in [0.15, 0.2) is 18.2 Å². The molecule has 1 amide bonds. The van der Waals surface area contributed by atoms with E-state index in [0.29, 0.717) is 22.6 Å². The van der Waals surface area contributed by atoms with Crippen LogP contribution in [-0.2, 0) is 11.3 Å². The van der Waals surface area contributed by atoms with Gasteiger partial charge in [-0.15, -0.1) is 0 Å². The molecular formula is C20H28ClNO3. The topological polar surface area (TPSA) is 58.6 Å². The fourth-order valence-corrected chi connectivity index (χ4v) is 4.73. The third-order valence-corrected chi connectivity index (χ3v) is 6.09. The van der Waals surface area contributed by atoms with Crippen molar-refractivity contribution in [2.45, 2.75) is 51.6 Å². The maximum absolute atomic E-state index is 12.7. The predicted molar refractivity (Wildman–Crippen MR) is 98.8 cm³/mol. The normalized spacial score (nSPS) is 25.6. The molecule has 0 saturated heterocycles. The van der Waals surface area contributed by atoms with Gasteiger partial charge in [0.05, 0.1) is 30.4 Å². The molecule has 0 aromatic heterocycles. The summed E-state index contributed by atoms with van der Waals surface area (Å²) < 4.78 is 5.33. The second-order valence-corrected chi connectivity index (χ2v) is 8.03. The Labute approximate surface area is 154 Å². The van der Waals surface area contributed by atoms with Gasteiger partial charge in [-0.1, -0.05) is 43.4 Å². The number of benzene rings is 1. The number of halogens is 1. The van der Waals surface area contributed by atoms with Gasteiger partial charge in [0.2, 0.25) is 0 Å². The van der Waals surface area contributed by atoms with Gasteiger partial charge in [-0.2, -0.15) is 0 Å². The van der Waals surface area contributed by atoms with Gasteiger partial charge in [0.1, 0.15) is 0 Å². The van der Waals surface area contributed by atoms with Crippen LogP contribution < -0.4 is 5.32 Å². The highest BCUT2D eigenvalue weighted by Gasteiger charge is 2.39. The molecule has 0 heterocycles. The Kier molecular flexibility index (Phi) is 6.37. The Morgan fingerprint density at radius 1 is 1.32 bits per heavy atom. The van der Waals surface area contributed by atoms with Crippen LogP contribution in [-0.4, -0.2) is 30.8 Å². The average molecular weight is 366 g/mol. The van der Waals surface area contributed by atoms with E-state index in [-0.39, 0.29) is 19.1 Å². The molecule has 0 aliphatic heterocycles. The number of amides is 1. The van der Waals surface area contributed by atoms with Gasteiger partial charge >= 0.3 is 0 Å². The fourth-order valence-electron chi connectivity index (χ4n) is 4.52. The van der Waals surface area contributed by atoms with Crippen molar-refractivity contribution in [3.8, 4) is 0 Å². The van der Waals surface area contributed by atoms with E-state index in [2.05, 4.69) is 5.32 Å². The maximum atomic E-state index is 12.7. The van der Waals surface area contributed by atoms with Crippen LogP contribution in [0.4, 0.5) is 0 Å². The third-order valence-electron chi connectivity index (χ3n) is 5.76. The molecule has 1 aromatic carbocycles. The van der Waals surface area contributed by atoms with Gasteiger partial charge < -0.3 is 15.2 Å². The molecule has 25 heavy (non-hydrogen) atoms. The average Bonchev–Trinajstić information content (AvgIpc) is 2.61. The van der Waals surface area contributed by atoms with Crippen molar-refractivity contribution < 1.29 is 14.6 Å². The molecule has 4 nitrogen and oxygen atoms in total. The zero-order valence-electron chi connectivity index (χ0n) is 14.7. The zero-order valence-corrected chi connectivity index (χ0v) is 15.5. The monoisotopic (exact) mass is 365 g/mol. The molecule has 3 rings (SSSR count). The number of carbonyl (C=O) groups excluding carboxylic acids is 1. The first-order chi connectivity index (χ1) is 12.1. The lowest BCUT2D eigenvalue weighted by atomic mass is 9.62. The molecule has 0 unspecified atom stereocenters. The first-order valence-corrected chi connectivity index (χ1v) is 9.75. The smallest absolute Gasteiger partial charge is 0.252 e. The quantitative estimate of drug-likeness (QED) is 0.719. The standard InChI is InChI=1S/C20H28ClNO3/c21-18-6-5-16(13-25-10-9-23)11-17(18)19(24)22-14-20-7-1-3-15(12-20)4-2-8-20/h5-6,11,15,23H,1-4,7-10,12-14H2,(H,22,24). The number of aliphatic hydroxyl groups is 1. The summed E-state index contributed by atoms with van der Waals surface area (Å²) in [5, 5.41) is 12.4. The molecule has 1 aromatic rings. The molecule has 2 aliphatic rings. The Hall–Kier alpha value is -1.10. The van der Waals surface area contributed by atoms with Crippen molar-refractivity contribution in [1.82, 2.24) is 5.32 Å². The van der Waals surface area contributed by atoms with Crippen LogP contribution in [0.2, 0.25) is 5.02 Å². The Balaban J connectivity index is 1.61. The molecular weight excluding hydrogens is 338 g/mol. The molecule has 0 radical (unpaired) electrons. The first kappa shape index (κ1) is 18.7. The Bertz CT molecular complexity index is 595. The lowest BCUT2D eigenvalue weighted by Gasteiger charge is -2.45. The molecule has 0 spiro atoms. The van der Waals surface area contributed by atoms with E-state index < -0.39 is 0 Å². The van der Waals surface area contributed by atoms with E-state index in [1.165, 1.54) is 44.9 Å². The minimum atomic E-state index is -0.101. The van der Waals surface area contributed by atoms with Crippen LogP contribution in [0.1, 0.15) is 60.9 Å². The SMILES string of the molecule is O=C(NCC12CCCC(CCC1)C2)c1cc(COCCO)ccc1Cl. The molecule has 2 saturated carbocycles. The molecule has 138 valence electrons. The van der Waals surface area contributed by atoms with Crippen molar-refractivity contribution in [3.63, 3.8) is 0 Å². The van der Waals surface area contributed by atoms with Crippen molar-refractivity contribution in [1.29, 1.82) is 0 Å². The van der Waals surface area contributed by atoms with Gasteiger partial charge in [-0.25, -0.2) is 0 Å². The van der Waals surface area contributed by atoms with Crippen LogP contribution in [0, 0.1) is 11.3 Å². The lowest BCUT2D eigenvalue weighted by Crippen LogP contribution is -2.43. The zero-order chi connectivity index (χ0) is 17.7. The van der Waals surface area contributed by atoms with E-state index in [1.807, 2.05) is 6.07 Å². The number of hydrogen-bond acceptors (Lipinski definition) is 3. The van der Waals surface area contributed by atoms with Gasteiger partial charge in [0.15, 0.2) is 0 Å². The number of aliphatic hydroxyl groups excluding tert-OH is 1. The van der Waals surface area contributed by atoms with Crippen LogP contribution in [0.5, 0.6) is 0 Å². The third kappa shape index (κ3) is 4.75. The number of hydrogen-bond donors (Lipinski definition) is 2. The molecule has 2 N–H and O–H groups in total. The fraction of sp³-hybridized carbons (Fsp3) is 0.650. The summed E-state index contributed by atoms with van der Waals surface area (Å²) in [6.07, 6.45) is 9.02. The van der Waals surface area contributed by atoms with Gasteiger partial charge in [-0.05, 0) is 48.3 Å². The highest BCUT2D eigenvalue weighted by atomic mass is 35.5. The van der Waals surface area contributed by atoms with Crippen molar-refractivity contribution in [3.05, 3.63) is 34.3 Å². The summed E-state index contributed by atoms with van der Waals surface area (Å²) >= 11 is 6.24. The van der Waals surface area contributed by atoms with E-state index >= 15 is 0 Å². The summed E-state index contributed by atoms with van der Waals surface area (Å²) in [6.45, 7) is 1.39. The summed E-state index contributed by atoms with van der Waals surface area (Å²) in [5.41, 5.74) is 1.69. The van der Waals surface area contributed by atoms with E-state index in [0.717, 1.165) is 18.0 Å². The van der Waals surface area contributed by atoms with Crippen molar-refractivity contribution >= 4 is 17.5 Å². The highest BCUT2D eigenvalue weighted by Crippen LogP contribution is 2.48. The number of fused-ring (bicyclic) bond motifs is 2. The maximum Gasteiger partial charge on any atom is 0.252 e. The first-order valence-electron chi connectivity index (χ1n) is 9.37. The van der Waals surface area contributed by atoms with Gasteiger partial charge in [-0.3, -0.25) is 4.79 Å². The van der Waals surface area contributed by atoms with Crippen molar-refractivity contribution in [2.24, 2.45) is 11.3 Å². The predicted octanol–water partition coefficient (Wildman–Crippen LogP) is 3.94. The number of nitrogens with one attached hydrogen (secondary N) is 1. The largest absolute Gasteiger partial charge is 0.394 e. The van der Waals surface area contributed by atoms with Crippen LogP contribution in [0.25, 0.3) is 0 Å². The second-order valence-electron chi connectivity index (χ2n) is 7.63. The highest BCUT2D eigenvalue weighted by molar-refractivity contribution is 6.33. The molecule has 2 bridgehead atoms. The van der Waals surface area contributed by atoms with Gasteiger partial charge in [0, 0.05) is 6.54 Å². The summed E-state index contributed by atoms with van der Waals surface area (Å²) in [7, 11) is 0. The molecule has 2 aliphatic carbocycles. The Morgan fingerprint density at radius 2 is 2.08 bits per heavy atom. The summed E-state index contributed by atoms with van der Waals surface area (Å²) in [6, 6.07) is 5.38. The van der Waals surface area contributed by atoms with Crippen LogP contribution in [0.3, 0.4) is 0 Å². The van der Waals surface area contributed by atoms with E-state index in [4.69, 9.17) is 21.4 Å². The Morgan fingerprint density at radius 3 is 2.80 bits per heavy atom. The van der Waals surface area contributed by atoms with Crippen molar-refractivity contribution in [2.75, 3.05) is 19.8 Å². The summed E-state index contributed by atoms with van der Waals surface area (Å²) in [5.74, 6) is 0.756. The minimum absolute atomic E-state index is 0.00991. The number of ether oxygens (including phenoxy) is 1. The van der Waals surface area contributed by atoms with E-state index in [9.17, 15) is 4.79 Å². The van der Waals surface area contributed by atoms with Crippen LogP contribution >= 0.6 is 11.6 Å². The molecule has 5 heteroatoms. The molecule has 0 atom stereocenters. The van der Waals surface area contributed by atoms with E-state index in [1.54, 1.807) is 12.1 Å².